The van der Waals surface area contributed by atoms with E-state index in [1.807, 2.05) is 45.9 Å². The standard InChI is InChI=1S/C31H37ClO5/c1-7-26-24-10-8-9-23(15-24)13-19(3)14-25(32)16-31(28(33)22(6)29(34)36-26)17-35-30(37-31)27-20(4)11-18(2)12-21(27)5/h8-12,14-15,19,22,26,30H,7,13,16-17H2,1-6H3/b25-14-/t19-,22+,26-,30+,31+/m0/s1. The first-order valence-corrected chi connectivity index (χ1v) is 13.5. The van der Waals surface area contributed by atoms with E-state index in [0.29, 0.717) is 11.5 Å². The van der Waals surface area contributed by atoms with Gasteiger partial charge in [0.2, 0.25) is 0 Å². The molecule has 1 fully saturated rings. The molecule has 2 bridgehead atoms. The average molecular weight is 525 g/mol. The molecule has 0 amide bonds. The van der Waals surface area contributed by atoms with E-state index in [1.165, 1.54) is 0 Å². The molecule has 2 heterocycles. The third-order valence-corrected chi connectivity index (χ3v) is 7.66. The zero-order valence-corrected chi connectivity index (χ0v) is 23.4. The van der Waals surface area contributed by atoms with Crippen molar-refractivity contribution in [2.45, 2.75) is 78.8 Å². The normalized spacial score (nSPS) is 30.5. The summed E-state index contributed by atoms with van der Waals surface area (Å²) < 4.78 is 18.5. The van der Waals surface area contributed by atoms with E-state index < -0.39 is 29.9 Å². The third kappa shape index (κ3) is 5.84. The lowest BCUT2D eigenvalue weighted by molar-refractivity contribution is -0.164. The largest absolute Gasteiger partial charge is 0.457 e. The smallest absolute Gasteiger partial charge is 0.316 e. The molecule has 0 aliphatic carbocycles. The Morgan fingerprint density at radius 3 is 2.43 bits per heavy atom. The summed E-state index contributed by atoms with van der Waals surface area (Å²) in [6.07, 6.45) is 2.34. The van der Waals surface area contributed by atoms with Crippen LogP contribution in [0.3, 0.4) is 0 Å². The summed E-state index contributed by atoms with van der Waals surface area (Å²) in [7, 11) is 0. The molecular formula is C31H37ClO5. The number of aryl methyl sites for hydroxylation is 3. The SMILES string of the molecule is CC[C@@H]1OC(=O)[C@H](C)C(=O)[C@]2(CO[C@@H](c3c(C)cc(C)cc3C)O2)C/C(Cl)=C/[C@@H](C)Cc2cccc1c2. The van der Waals surface area contributed by atoms with Crippen LogP contribution in [0.25, 0.3) is 0 Å². The Hall–Kier alpha value is -2.47. The van der Waals surface area contributed by atoms with Crippen molar-refractivity contribution >= 4 is 23.4 Å². The molecule has 1 saturated heterocycles. The molecule has 198 valence electrons. The predicted octanol–water partition coefficient (Wildman–Crippen LogP) is 7.00. The zero-order valence-electron chi connectivity index (χ0n) is 22.6. The highest BCUT2D eigenvalue weighted by Crippen LogP contribution is 2.42. The first-order chi connectivity index (χ1) is 17.5. The number of hydrogen-bond acceptors (Lipinski definition) is 5. The van der Waals surface area contributed by atoms with E-state index in [4.69, 9.17) is 25.8 Å². The van der Waals surface area contributed by atoms with Crippen LogP contribution in [0.4, 0.5) is 0 Å². The monoisotopic (exact) mass is 524 g/mol. The number of rotatable bonds is 2. The van der Waals surface area contributed by atoms with Gasteiger partial charge in [0.15, 0.2) is 17.7 Å². The number of ketones is 1. The van der Waals surface area contributed by atoms with Crippen LogP contribution in [0.2, 0.25) is 0 Å². The summed E-state index contributed by atoms with van der Waals surface area (Å²) in [6, 6.07) is 12.2. The summed E-state index contributed by atoms with van der Waals surface area (Å²) in [5.41, 5.74) is 4.79. The number of ether oxygens (including phenoxy) is 3. The Morgan fingerprint density at radius 2 is 1.76 bits per heavy atom. The van der Waals surface area contributed by atoms with Crippen LogP contribution in [-0.2, 0) is 30.2 Å². The molecule has 0 unspecified atom stereocenters. The summed E-state index contributed by atoms with van der Waals surface area (Å²) >= 11 is 6.76. The maximum absolute atomic E-state index is 14.0. The van der Waals surface area contributed by atoms with Gasteiger partial charge in [0.1, 0.15) is 12.0 Å². The Kier molecular flexibility index (Phi) is 8.27. The van der Waals surface area contributed by atoms with E-state index in [-0.39, 0.29) is 24.7 Å². The molecule has 2 aliphatic rings. The maximum Gasteiger partial charge on any atom is 0.316 e. The van der Waals surface area contributed by atoms with Gasteiger partial charge in [0, 0.05) is 17.0 Å². The quantitative estimate of drug-likeness (QED) is 0.312. The van der Waals surface area contributed by atoms with Crippen molar-refractivity contribution in [3.8, 4) is 0 Å². The van der Waals surface area contributed by atoms with E-state index >= 15 is 0 Å². The number of carbonyl (C=O) groups is 2. The summed E-state index contributed by atoms with van der Waals surface area (Å²) in [5, 5.41) is 0.516. The summed E-state index contributed by atoms with van der Waals surface area (Å²) in [5.74, 6) is -1.84. The number of hydrogen-bond donors (Lipinski definition) is 0. The fraction of sp³-hybridized carbons (Fsp3) is 0.484. The zero-order chi connectivity index (χ0) is 26.9. The molecule has 37 heavy (non-hydrogen) atoms. The Labute approximate surface area is 225 Å². The van der Waals surface area contributed by atoms with Gasteiger partial charge in [0.05, 0.1) is 6.61 Å². The maximum atomic E-state index is 14.0. The highest BCUT2D eigenvalue weighted by atomic mass is 35.5. The van der Waals surface area contributed by atoms with Crippen molar-refractivity contribution in [3.63, 3.8) is 0 Å². The number of carbonyl (C=O) groups excluding carboxylic acids is 2. The van der Waals surface area contributed by atoms with Gasteiger partial charge in [-0.15, -0.1) is 0 Å². The number of halogens is 1. The van der Waals surface area contributed by atoms with Gasteiger partial charge in [0.25, 0.3) is 0 Å². The van der Waals surface area contributed by atoms with E-state index in [9.17, 15) is 9.59 Å². The molecule has 5 nitrogen and oxygen atoms in total. The van der Waals surface area contributed by atoms with Crippen LogP contribution in [0, 0.1) is 32.6 Å². The van der Waals surface area contributed by atoms with Crippen molar-refractivity contribution in [3.05, 3.63) is 80.9 Å². The molecular weight excluding hydrogens is 488 g/mol. The van der Waals surface area contributed by atoms with Crippen LogP contribution < -0.4 is 0 Å². The van der Waals surface area contributed by atoms with Gasteiger partial charge >= 0.3 is 5.97 Å². The Bertz CT molecular complexity index is 1190. The molecule has 0 radical (unpaired) electrons. The van der Waals surface area contributed by atoms with Gasteiger partial charge in [-0.3, -0.25) is 9.59 Å². The highest BCUT2D eigenvalue weighted by Gasteiger charge is 2.52. The molecule has 5 atom stereocenters. The molecule has 2 aromatic rings. The number of cyclic esters (lactones) is 1. The lowest BCUT2D eigenvalue weighted by atomic mass is 9.86. The molecule has 2 aromatic carbocycles. The predicted molar refractivity (Wildman–Crippen MR) is 144 cm³/mol. The third-order valence-electron chi connectivity index (χ3n) is 7.40. The van der Waals surface area contributed by atoms with Crippen molar-refractivity contribution in [2.24, 2.45) is 11.8 Å². The van der Waals surface area contributed by atoms with Crippen LogP contribution in [0.1, 0.15) is 79.4 Å². The van der Waals surface area contributed by atoms with Crippen LogP contribution in [0.5, 0.6) is 0 Å². The van der Waals surface area contributed by atoms with Crippen molar-refractivity contribution in [2.75, 3.05) is 6.61 Å². The Morgan fingerprint density at radius 1 is 1.05 bits per heavy atom. The number of Topliss-reactive ketones (excluding diaryl/α,β-unsaturated/α-hetero) is 1. The van der Waals surface area contributed by atoms with Gasteiger partial charge < -0.3 is 14.2 Å². The minimum Gasteiger partial charge on any atom is -0.457 e. The van der Waals surface area contributed by atoms with Gasteiger partial charge in [-0.1, -0.05) is 73.5 Å². The number of benzene rings is 2. The van der Waals surface area contributed by atoms with Gasteiger partial charge in [-0.25, -0.2) is 0 Å². The van der Waals surface area contributed by atoms with E-state index in [0.717, 1.165) is 39.8 Å². The fourth-order valence-electron chi connectivity index (χ4n) is 5.62. The number of fused-ring (bicyclic) bond motifs is 2. The molecule has 0 saturated carbocycles. The first kappa shape index (κ1) is 27.6. The molecule has 0 N–H and O–H groups in total. The minimum absolute atomic E-state index is 0.00949. The van der Waals surface area contributed by atoms with Crippen molar-refractivity contribution < 1.29 is 23.8 Å². The Balaban J connectivity index is 1.73. The van der Waals surface area contributed by atoms with E-state index in [1.54, 1.807) is 6.92 Å². The van der Waals surface area contributed by atoms with Crippen LogP contribution in [-0.4, -0.2) is 24.0 Å². The lowest BCUT2D eigenvalue weighted by Crippen LogP contribution is -2.47. The molecule has 0 aromatic heterocycles. The average Bonchev–Trinajstić information content (AvgIpc) is 3.24. The van der Waals surface area contributed by atoms with Crippen molar-refractivity contribution in [1.29, 1.82) is 0 Å². The molecule has 6 heteroatoms. The first-order valence-electron chi connectivity index (χ1n) is 13.1. The van der Waals surface area contributed by atoms with Gasteiger partial charge in [-0.05, 0) is 68.7 Å². The second-order valence-corrected chi connectivity index (χ2v) is 11.2. The second-order valence-electron chi connectivity index (χ2n) is 10.7. The number of esters is 1. The van der Waals surface area contributed by atoms with Crippen LogP contribution in [0.15, 0.2) is 47.5 Å². The van der Waals surface area contributed by atoms with Crippen LogP contribution >= 0.6 is 11.6 Å². The minimum atomic E-state index is -1.39. The fourth-order valence-corrected chi connectivity index (χ4v) is 6.05. The number of allylic oxidation sites excluding steroid dienone is 1. The summed E-state index contributed by atoms with van der Waals surface area (Å²) in [6.45, 7) is 11.7. The highest BCUT2D eigenvalue weighted by molar-refractivity contribution is 6.30. The lowest BCUT2D eigenvalue weighted by Gasteiger charge is -2.30. The van der Waals surface area contributed by atoms with E-state index in [2.05, 4.69) is 31.2 Å². The van der Waals surface area contributed by atoms with Crippen molar-refractivity contribution in [1.82, 2.24) is 0 Å². The second kappa shape index (κ2) is 11.1. The molecule has 4 rings (SSSR count). The van der Waals surface area contributed by atoms with Gasteiger partial charge in [-0.2, -0.15) is 0 Å². The molecule has 1 spiro atoms. The molecule has 2 aliphatic heterocycles. The summed E-state index contributed by atoms with van der Waals surface area (Å²) in [4.78, 5) is 27.2. The topological polar surface area (TPSA) is 61.8 Å².